The van der Waals surface area contributed by atoms with Crippen molar-refractivity contribution in [2.75, 3.05) is 6.54 Å². The van der Waals surface area contributed by atoms with E-state index < -0.39 is 11.9 Å². The van der Waals surface area contributed by atoms with Crippen molar-refractivity contribution in [1.82, 2.24) is 10.3 Å². The van der Waals surface area contributed by atoms with Gasteiger partial charge < -0.3 is 10.4 Å². The number of hydrogen-bond donors (Lipinski definition) is 2. The Hall–Kier alpha value is -1.91. The molecule has 2 N–H and O–H groups in total. The Labute approximate surface area is 124 Å². The maximum atomic E-state index is 12.0. The highest BCUT2D eigenvalue weighted by molar-refractivity contribution is 5.92. The average Bonchev–Trinajstić information content (AvgIpc) is 2.48. The van der Waals surface area contributed by atoms with Crippen LogP contribution in [-0.4, -0.2) is 28.5 Å². The maximum Gasteiger partial charge on any atom is 0.308 e. The smallest absolute Gasteiger partial charge is 0.308 e. The molecule has 21 heavy (non-hydrogen) atoms. The van der Waals surface area contributed by atoms with Gasteiger partial charge >= 0.3 is 5.97 Å². The number of nitrogens with zero attached hydrogens (tertiary/aromatic N) is 1. The van der Waals surface area contributed by atoms with Crippen molar-refractivity contribution in [3.05, 3.63) is 29.6 Å². The molecule has 0 spiro atoms. The summed E-state index contributed by atoms with van der Waals surface area (Å²) in [6, 6.07) is 5.23. The minimum absolute atomic E-state index is 0.169. The molecule has 114 valence electrons. The van der Waals surface area contributed by atoms with Gasteiger partial charge in [0.1, 0.15) is 5.69 Å². The summed E-state index contributed by atoms with van der Waals surface area (Å²) in [4.78, 5) is 27.6. The minimum atomic E-state index is -0.820. The van der Waals surface area contributed by atoms with Gasteiger partial charge in [-0.25, -0.2) is 4.98 Å². The minimum Gasteiger partial charge on any atom is -0.481 e. The molecule has 0 aliphatic heterocycles. The zero-order chi connectivity index (χ0) is 15.2. The molecule has 0 saturated heterocycles. The number of amides is 1. The number of carbonyl (C=O) groups is 2. The number of carbonyl (C=O) groups excluding carboxylic acids is 1. The molecule has 1 aromatic heterocycles. The summed E-state index contributed by atoms with van der Waals surface area (Å²) in [5.41, 5.74) is 1.10. The summed E-state index contributed by atoms with van der Waals surface area (Å²) in [6.45, 7) is 1.99. The van der Waals surface area contributed by atoms with E-state index in [1.165, 1.54) is 6.42 Å². The monoisotopic (exact) mass is 290 g/mol. The molecule has 0 bridgehead atoms. The molecule has 1 fully saturated rings. The van der Waals surface area contributed by atoms with Crippen LogP contribution < -0.4 is 5.32 Å². The van der Waals surface area contributed by atoms with Crippen molar-refractivity contribution in [2.45, 2.75) is 39.0 Å². The SMILES string of the molecule is Cc1cccc(C(=O)NC[C@H](C(=O)O)C2CCCCC2)n1. The summed E-state index contributed by atoms with van der Waals surface area (Å²) in [6.07, 6.45) is 5.23. The average molecular weight is 290 g/mol. The molecular formula is C16H22N2O3. The normalized spacial score (nSPS) is 17.2. The second-order valence-electron chi connectivity index (χ2n) is 5.72. The van der Waals surface area contributed by atoms with Crippen molar-refractivity contribution >= 4 is 11.9 Å². The fourth-order valence-electron chi connectivity index (χ4n) is 2.95. The molecule has 1 amide bonds. The van der Waals surface area contributed by atoms with Gasteiger partial charge in [0, 0.05) is 12.2 Å². The molecule has 0 unspecified atom stereocenters. The Bertz CT molecular complexity index is 510. The van der Waals surface area contributed by atoms with Gasteiger partial charge in [0.15, 0.2) is 0 Å². The maximum absolute atomic E-state index is 12.0. The van der Waals surface area contributed by atoms with E-state index in [9.17, 15) is 14.7 Å². The van der Waals surface area contributed by atoms with Crippen LogP contribution in [0.1, 0.15) is 48.3 Å². The standard InChI is InChI=1S/C16H22N2O3/c1-11-6-5-9-14(18-11)15(19)17-10-13(16(20)21)12-7-3-2-4-8-12/h5-6,9,12-13H,2-4,7-8,10H2,1H3,(H,17,19)(H,20,21)/t13-/m0/s1. The van der Waals surface area contributed by atoms with Gasteiger partial charge in [0.2, 0.25) is 0 Å². The number of aliphatic carboxylic acids is 1. The van der Waals surface area contributed by atoms with Crippen molar-refractivity contribution in [2.24, 2.45) is 11.8 Å². The van der Waals surface area contributed by atoms with Crippen LogP contribution in [0.2, 0.25) is 0 Å². The zero-order valence-electron chi connectivity index (χ0n) is 12.3. The third-order valence-electron chi connectivity index (χ3n) is 4.14. The third-order valence-corrected chi connectivity index (χ3v) is 4.14. The first-order chi connectivity index (χ1) is 10.1. The highest BCUT2D eigenvalue weighted by Crippen LogP contribution is 2.30. The van der Waals surface area contributed by atoms with E-state index in [0.717, 1.165) is 31.4 Å². The number of hydrogen-bond acceptors (Lipinski definition) is 3. The van der Waals surface area contributed by atoms with Crippen molar-refractivity contribution in [1.29, 1.82) is 0 Å². The predicted molar refractivity (Wildman–Crippen MR) is 79.0 cm³/mol. The molecule has 0 aromatic carbocycles. The predicted octanol–water partition coefficient (Wildman–Crippen LogP) is 2.40. The van der Waals surface area contributed by atoms with Gasteiger partial charge in [-0.3, -0.25) is 9.59 Å². The molecule has 1 aromatic rings. The number of aromatic nitrogens is 1. The van der Waals surface area contributed by atoms with E-state index in [2.05, 4.69) is 10.3 Å². The van der Waals surface area contributed by atoms with Gasteiger partial charge in [-0.2, -0.15) is 0 Å². The lowest BCUT2D eigenvalue weighted by Gasteiger charge is -2.27. The van der Waals surface area contributed by atoms with Crippen LogP contribution in [0.25, 0.3) is 0 Å². The lowest BCUT2D eigenvalue weighted by atomic mass is 9.80. The second kappa shape index (κ2) is 7.20. The molecule has 2 rings (SSSR count). The number of rotatable bonds is 5. The van der Waals surface area contributed by atoms with E-state index in [4.69, 9.17) is 0 Å². The Morgan fingerprint density at radius 2 is 2.05 bits per heavy atom. The Morgan fingerprint density at radius 1 is 1.33 bits per heavy atom. The van der Waals surface area contributed by atoms with Crippen LogP contribution in [0.3, 0.4) is 0 Å². The van der Waals surface area contributed by atoms with E-state index in [1.807, 2.05) is 13.0 Å². The van der Waals surface area contributed by atoms with Crippen LogP contribution in [0, 0.1) is 18.8 Å². The molecule has 1 aliphatic rings. The first-order valence-corrected chi connectivity index (χ1v) is 7.52. The Morgan fingerprint density at radius 3 is 2.67 bits per heavy atom. The molecule has 1 atom stereocenters. The number of carboxylic acids is 1. The van der Waals surface area contributed by atoms with Gasteiger partial charge in [0.05, 0.1) is 5.92 Å². The number of nitrogens with one attached hydrogen (secondary N) is 1. The Kier molecular flexibility index (Phi) is 5.31. The Balaban J connectivity index is 1.95. The zero-order valence-corrected chi connectivity index (χ0v) is 12.3. The lowest BCUT2D eigenvalue weighted by molar-refractivity contribution is -0.143. The fraction of sp³-hybridized carbons (Fsp3) is 0.562. The van der Waals surface area contributed by atoms with Crippen LogP contribution in [-0.2, 0) is 4.79 Å². The van der Waals surface area contributed by atoms with E-state index in [-0.39, 0.29) is 18.4 Å². The number of pyridine rings is 1. The van der Waals surface area contributed by atoms with E-state index in [0.29, 0.717) is 5.69 Å². The summed E-state index contributed by atoms with van der Waals surface area (Å²) in [5, 5.41) is 12.1. The van der Waals surface area contributed by atoms with Crippen LogP contribution >= 0.6 is 0 Å². The first kappa shape index (κ1) is 15.5. The highest BCUT2D eigenvalue weighted by Gasteiger charge is 2.29. The van der Waals surface area contributed by atoms with E-state index in [1.54, 1.807) is 12.1 Å². The molecule has 5 nitrogen and oxygen atoms in total. The summed E-state index contributed by atoms with van der Waals surface area (Å²) in [7, 11) is 0. The van der Waals surface area contributed by atoms with Gasteiger partial charge in [-0.1, -0.05) is 25.3 Å². The lowest BCUT2D eigenvalue weighted by Crippen LogP contribution is -2.38. The summed E-state index contributed by atoms with van der Waals surface area (Å²) >= 11 is 0. The summed E-state index contributed by atoms with van der Waals surface area (Å²) < 4.78 is 0. The molecule has 5 heteroatoms. The second-order valence-corrected chi connectivity index (χ2v) is 5.72. The number of aryl methyl sites for hydroxylation is 1. The number of carboxylic acid groups (broad SMARTS) is 1. The van der Waals surface area contributed by atoms with Crippen LogP contribution in [0.5, 0.6) is 0 Å². The topological polar surface area (TPSA) is 79.3 Å². The largest absolute Gasteiger partial charge is 0.481 e. The van der Waals surface area contributed by atoms with Crippen molar-refractivity contribution in [3.8, 4) is 0 Å². The van der Waals surface area contributed by atoms with E-state index >= 15 is 0 Å². The molecular weight excluding hydrogens is 268 g/mol. The van der Waals surface area contributed by atoms with Crippen molar-refractivity contribution < 1.29 is 14.7 Å². The van der Waals surface area contributed by atoms with Crippen LogP contribution in [0.4, 0.5) is 0 Å². The molecule has 0 radical (unpaired) electrons. The van der Waals surface area contributed by atoms with Crippen molar-refractivity contribution in [3.63, 3.8) is 0 Å². The molecule has 1 saturated carbocycles. The molecule has 1 aliphatic carbocycles. The van der Waals surface area contributed by atoms with Gasteiger partial charge in [-0.05, 0) is 37.8 Å². The quantitative estimate of drug-likeness (QED) is 0.872. The highest BCUT2D eigenvalue weighted by atomic mass is 16.4. The summed E-state index contributed by atoms with van der Waals surface area (Å²) in [5.74, 6) is -1.46. The first-order valence-electron chi connectivity index (χ1n) is 7.52. The van der Waals surface area contributed by atoms with Gasteiger partial charge in [0.25, 0.3) is 5.91 Å². The third kappa shape index (κ3) is 4.28. The van der Waals surface area contributed by atoms with Crippen LogP contribution in [0.15, 0.2) is 18.2 Å². The molecule has 1 heterocycles. The van der Waals surface area contributed by atoms with Gasteiger partial charge in [-0.15, -0.1) is 0 Å². The fourth-order valence-corrected chi connectivity index (χ4v) is 2.95.